The van der Waals surface area contributed by atoms with E-state index in [0.717, 1.165) is 0 Å². The summed E-state index contributed by atoms with van der Waals surface area (Å²) in [6.45, 7) is -0.331. The van der Waals surface area contributed by atoms with Crippen LogP contribution in [0.4, 0.5) is 4.39 Å². The first kappa shape index (κ1) is 6.85. The van der Waals surface area contributed by atoms with Crippen molar-refractivity contribution in [1.29, 1.82) is 0 Å². The lowest BCUT2D eigenvalue weighted by Gasteiger charge is -2.00. The molecule has 2 nitrogen and oxygen atoms in total. The Balaban J connectivity index is 2.83. The number of hydrogen-bond acceptors (Lipinski definition) is 2. The highest BCUT2D eigenvalue weighted by Crippen LogP contribution is 1.86. The van der Waals surface area contributed by atoms with Gasteiger partial charge in [-0.15, -0.1) is 0 Å². The Bertz CT molecular complexity index is 42.7. The summed E-state index contributed by atoms with van der Waals surface area (Å²) in [6, 6.07) is 0. The molecule has 0 amide bonds. The van der Waals surface area contributed by atoms with Crippen LogP contribution in [0.3, 0.4) is 0 Å². The van der Waals surface area contributed by atoms with Crippen molar-refractivity contribution in [2.75, 3.05) is 13.2 Å². The minimum Gasteiger partial charge on any atom is -0.392 e. The number of nitrogens with two attached hydrogens (primary N) is 1. The van der Waals surface area contributed by atoms with Gasteiger partial charge in [-0.2, -0.15) is 0 Å². The largest absolute Gasteiger partial charge is 0.392 e. The third-order valence-electron chi connectivity index (χ3n) is 0.714. The molecule has 0 radical (unpaired) electrons. The van der Waals surface area contributed by atoms with Crippen LogP contribution in [0.15, 0.2) is 0 Å². The molecule has 0 heterocycles. The van der Waals surface area contributed by atoms with E-state index in [4.69, 9.17) is 10.8 Å². The van der Waals surface area contributed by atoms with Gasteiger partial charge in [0.15, 0.2) is 0 Å². The molecular weight excluding hydrogens is 97.0 g/mol. The maximum atomic E-state index is 11.2. The third-order valence-corrected chi connectivity index (χ3v) is 0.714. The third kappa shape index (κ3) is 3.69. The van der Waals surface area contributed by atoms with E-state index in [-0.39, 0.29) is 13.0 Å². The zero-order valence-electron chi connectivity index (χ0n) is 4.10. The Labute approximate surface area is 42.1 Å². The lowest BCUT2D eigenvalue weighted by molar-refractivity contribution is 0.161. The molecule has 0 aromatic heterocycles. The van der Waals surface area contributed by atoms with Crippen molar-refractivity contribution in [3.63, 3.8) is 0 Å². The van der Waals surface area contributed by atoms with E-state index in [0.29, 0.717) is 0 Å². The lowest BCUT2D eigenvalue weighted by Crippen LogP contribution is -2.19. The summed E-state index contributed by atoms with van der Waals surface area (Å²) >= 11 is 0. The molecular formula is C4H10FNO. The van der Waals surface area contributed by atoms with E-state index in [1.54, 1.807) is 0 Å². The fourth-order valence-corrected chi connectivity index (χ4v) is 0.244. The second-order valence-electron chi connectivity index (χ2n) is 1.37. The predicted molar refractivity (Wildman–Crippen MR) is 25.7 cm³/mol. The van der Waals surface area contributed by atoms with Crippen LogP contribution in [0.25, 0.3) is 0 Å². The number of hydrogen-bond donors (Lipinski definition) is 2. The van der Waals surface area contributed by atoms with Crippen LogP contribution in [0.1, 0.15) is 6.42 Å². The molecule has 3 heteroatoms. The molecule has 0 fully saturated rings. The molecule has 0 bridgehead atoms. The van der Waals surface area contributed by atoms with Crippen LogP contribution < -0.4 is 5.73 Å². The smallest absolute Gasteiger partial charge is 0.0919 e. The Morgan fingerprint density at radius 2 is 2.29 bits per heavy atom. The zero-order chi connectivity index (χ0) is 5.70. The lowest BCUT2D eigenvalue weighted by atomic mass is 10.3. The molecule has 0 aromatic carbocycles. The van der Waals surface area contributed by atoms with Crippen LogP contribution in [0, 0.1) is 0 Å². The summed E-state index contributed by atoms with van der Waals surface area (Å²) < 4.78 is 11.2. The van der Waals surface area contributed by atoms with E-state index >= 15 is 0 Å². The van der Waals surface area contributed by atoms with Crippen molar-refractivity contribution >= 4 is 0 Å². The van der Waals surface area contributed by atoms with E-state index < -0.39 is 12.8 Å². The SMILES string of the molecule is NC[C@H](O)CCF. The van der Waals surface area contributed by atoms with E-state index in [9.17, 15) is 4.39 Å². The molecule has 0 spiro atoms. The van der Waals surface area contributed by atoms with Crippen molar-refractivity contribution in [2.45, 2.75) is 12.5 Å². The predicted octanol–water partition coefficient (Wildman–Crippen LogP) is -0.334. The fourth-order valence-electron chi connectivity index (χ4n) is 0.244. The summed E-state index contributed by atoms with van der Waals surface area (Å²) in [5, 5.41) is 8.49. The number of rotatable bonds is 3. The summed E-state index contributed by atoms with van der Waals surface area (Å²) in [7, 11) is 0. The monoisotopic (exact) mass is 107 g/mol. The molecule has 0 aliphatic rings. The average molecular weight is 107 g/mol. The number of alkyl halides is 1. The highest BCUT2D eigenvalue weighted by atomic mass is 19.1. The molecule has 1 atom stereocenters. The molecule has 0 unspecified atom stereocenters. The van der Waals surface area contributed by atoms with Crippen molar-refractivity contribution < 1.29 is 9.50 Å². The van der Waals surface area contributed by atoms with Gasteiger partial charge in [0.2, 0.25) is 0 Å². The topological polar surface area (TPSA) is 46.2 Å². The van der Waals surface area contributed by atoms with Gasteiger partial charge in [0.25, 0.3) is 0 Å². The molecule has 0 aromatic rings. The Kier molecular flexibility index (Phi) is 3.93. The summed E-state index contributed by atoms with van der Waals surface area (Å²) in [6.07, 6.45) is -0.485. The first-order valence-electron chi connectivity index (χ1n) is 2.25. The van der Waals surface area contributed by atoms with E-state index in [2.05, 4.69) is 0 Å². The normalized spacial score (nSPS) is 14.1. The van der Waals surface area contributed by atoms with Gasteiger partial charge in [-0.05, 0) is 0 Å². The quantitative estimate of drug-likeness (QED) is 0.518. The summed E-state index contributed by atoms with van der Waals surface area (Å²) in [5.41, 5.74) is 4.94. The number of aliphatic hydroxyl groups excluding tert-OH is 1. The minimum atomic E-state index is -0.648. The van der Waals surface area contributed by atoms with Crippen molar-refractivity contribution in [2.24, 2.45) is 5.73 Å². The standard InChI is InChI=1S/C4H10FNO/c5-2-1-4(7)3-6/h4,7H,1-3,6H2/t4-/m1/s1. The molecule has 7 heavy (non-hydrogen) atoms. The molecule has 0 saturated carbocycles. The van der Waals surface area contributed by atoms with Crippen molar-refractivity contribution in [1.82, 2.24) is 0 Å². The summed E-state index contributed by atoms with van der Waals surface area (Å²) in [4.78, 5) is 0. The Morgan fingerprint density at radius 1 is 1.71 bits per heavy atom. The maximum Gasteiger partial charge on any atom is 0.0919 e. The first-order chi connectivity index (χ1) is 3.31. The van der Waals surface area contributed by atoms with Gasteiger partial charge in [0, 0.05) is 13.0 Å². The molecule has 44 valence electrons. The van der Waals surface area contributed by atoms with Crippen LogP contribution in [0.2, 0.25) is 0 Å². The molecule has 0 aliphatic heterocycles. The van der Waals surface area contributed by atoms with E-state index in [1.807, 2.05) is 0 Å². The number of halogens is 1. The Morgan fingerprint density at radius 3 is 2.43 bits per heavy atom. The minimum absolute atomic E-state index is 0.157. The highest BCUT2D eigenvalue weighted by Gasteiger charge is 1.96. The van der Waals surface area contributed by atoms with Crippen LogP contribution in [-0.4, -0.2) is 24.4 Å². The van der Waals surface area contributed by atoms with Gasteiger partial charge in [0.05, 0.1) is 12.8 Å². The second kappa shape index (κ2) is 4.02. The average Bonchev–Trinajstić information content (AvgIpc) is 1.68. The van der Waals surface area contributed by atoms with E-state index in [1.165, 1.54) is 0 Å². The Hall–Kier alpha value is -0.150. The second-order valence-corrected chi connectivity index (χ2v) is 1.37. The van der Waals surface area contributed by atoms with Crippen LogP contribution >= 0.6 is 0 Å². The van der Waals surface area contributed by atoms with Crippen LogP contribution in [-0.2, 0) is 0 Å². The van der Waals surface area contributed by atoms with Gasteiger partial charge < -0.3 is 10.8 Å². The van der Waals surface area contributed by atoms with Gasteiger partial charge in [-0.3, -0.25) is 4.39 Å². The molecule has 0 aliphatic carbocycles. The van der Waals surface area contributed by atoms with Crippen molar-refractivity contribution in [3.8, 4) is 0 Å². The first-order valence-corrected chi connectivity index (χ1v) is 2.25. The van der Waals surface area contributed by atoms with Gasteiger partial charge in [-0.25, -0.2) is 0 Å². The van der Waals surface area contributed by atoms with Crippen molar-refractivity contribution in [3.05, 3.63) is 0 Å². The number of aliphatic hydroxyl groups is 1. The molecule has 3 N–H and O–H groups in total. The highest BCUT2D eigenvalue weighted by molar-refractivity contribution is 4.52. The van der Waals surface area contributed by atoms with Gasteiger partial charge in [-0.1, -0.05) is 0 Å². The molecule has 0 saturated heterocycles. The van der Waals surface area contributed by atoms with Crippen LogP contribution in [0.5, 0.6) is 0 Å². The van der Waals surface area contributed by atoms with Gasteiger partial charge >= 0.3 is 0 Å². The zero-order valence-corrected chi connectivity index (χ0v) is 4.10. The fraction of sp³-hybridized carbons (Fsp3) is 1.00. The molecule has 0 rings (SSSR count). The summed E-state index contributed by atoms with van der Waals surface area (Å²) in [5.74, 6) is 0. The van der Waals surface area contributed by atoms with Gasteiger partial charge in [0.1, 0.15) is 0 Å². The maximum absolute atomic E-state index is 11.2.